The number of hydrogen-bond donors (Lipinski definition) is 0. The molecule has 84 valence electrons. The van der Waals surface area contributed by atoms with Crippen molar-refractivity contribution in [1.29, 1.82) is 0 Å². The Morgan fingerprint density at radius 3 is 2.33 bits per heavy atom. The van der Waals surface area contributed by atoms with Gasteiger partial charge in [0.2, 0.25) is 0 Å². The van der Waals surface area contributed by atoms with Crippen LogP contribution in [0.1, 0.15) is 13.3 Å². The summed E-state index contributed by atoms with van der Waals surface area (Å²) in [7, 11) is 4.70. The number of Topliss-reactive ketones (excluding diaryl/α,β-unsaturated/α-hetero) is 1. The van der Waals surface area contributed by atoms with Crippen LogP contribution >= 0.6 is 0 Å². The molecule has 2 aliphatic carbocycles. The molecular formula is C11H16O4. The van der Waals surface area contributed by atoms with Crippen LogP contribution in [0.2, 0.25) is 0 Å². The lowest BCUT2D eigenvalue weighted by Gasteiger charge is -2.43. The summed E-state index contributed by atoms with van der Waals surface area (Å²) in [5, 5.41) is 0. The molecule has 0 radical (unpaired) electrons. The Hall–Kier alpha value is -1.03. The highest BCUT2D eigenvalue weighted by molar-refractivity contribution is 5.98. The molecule has 3 atom stereocenters. The van der Waals surface area contributed by atoms with E-state index in [4.69, 9.17) is 14.2 Å². The molecule has 0 unspecified atom stereocenters. The molecule has 1 fully saturated rings. The van der Waals surface area contributed by atoms with Crippen molar-refractivity contribution in [3.8, 4) is 0 Å². The molecule has 0 N–H and O–H groups in total. The fourth-order valence-corrected chi connectivity index (χ4v) is 2.86. The maximum atomic E-state index is 11.7. The Morgan fingerprint density at radius 2 is 1.93 bits per heavy atom. The molecule has 0 aliphatic heterocycles. The molecule has 1 saturated carbocycles. The highest BCUT2D eigenvalue weighted by Crippen LogP contribution is 2.56. The van der Waals surface area contributed by atoms with Crippen LogP contribution in [-0.2, 0) is 19.0 Å². The smallest absolute Gasteiger partial charge is 0.189 e. The first kappa shape index (κ1) is 10.5. The van der Waals surface area contributed by atoms with Gasteiger partial charge in [-0.2, -0.15) is 0 Å². The van der Waals surface area contributed by atoms with Crippen LogP contribution in [0.3, 0.4) is 0 Å². The number of rotatable bonds is 3. The molecule has 0 aromatic carbocycles. The van der Waals surface area contributed by atoms with Crippen LogP contribution < -0.4 is 0 Å². The van der Waals surface area contributed by atoms with Gasteiger partial charge in [-0.3, -0.25) is 4.79 Å². The van der Waals surface area contributed by atoms with Gasteiger partial charge in [-0.25, -0.2) is 0 Å². The molecule has 0 aromatic rings. The van der Waals surface area contributed by atoms with Gasteiger partial charge in [0.1, 0.15) is 5.76 Å². The van der Waals surface area contributed by atoms with E-state index in [-0.39, 0.29) is 17.6 Å². The summed E-state index contributed by atoms with van der Waals surface area (Å²) in [4.78, 5) is 11.7. The van der Waals surface area contributed by atoms with E-state index in [1.54, 1.807) is 21.3 Å². The second-order valence-corrected chi connectivity index (χ2v) is 4.06. The minimum absolute atomic E-state index is 0.0887. The van der Waals surface area contributed by atoms with Crippen molar-refractivity contribution in [2.75, 3.05) is 21.3 Å². The number of hydrogen-bond acceptors (Lipinski definition) is 4. The summed E-state index contributed by atoms with van der Waals surface area (Å²) in [6, 6.07) is 0. The molecule has 0 amide bonds. The Balaban J connectivity index is 2.49. The lowest BCUT2D eigenvalue weighted by atomic mass is 9.66. The minimum Gasteiger partial charge on any atom is -0.497 e. The third-order valence-corrected chi connectivity index (χ3v) is 3.67. The van der Waals surface area contributed by atoms with E-state index in [9.17, 15) is 4.79 Å². The molecule has 2 rings (SSSR count). The van der Waals surface area contributed by atoms with E-state index in [0.717, 1.165) is 5.76 Å². The standard InChI is InChI=1S/C11H16O4/c1-6-7-5-8(12)11(7,15-4)10(14-3)9(6)13-2/h6-7H,5H2,1-4H3/t6-,7-,11-/m1/s1. The molecule has 15 heavy (non-hydrogen) atoms. The fraction of sp³-hybridized carbons (Fsp3) is 0.727. The summed E-state index contributed by atoms with van der Waals surface area (Å²) < 4.78 is 16.0. The summed E-state index contributed by atoms with van der Waals surface area (Å²) in [6.07, 6.45) is 0.550. The molecule has 2 aliphatic rings. The van der Waals surface area contributed by atoms with E-state index < -0.39 is 5.60 Å². The fourth-order valence-electron chi connectivity index (χ4n) is 2.86. The zero-order valence-electron chi connectivity index (χ0n) is 9.49. The van der Waals surface area contributed by atoms with E-state index in [1.165, 1.54) is 0 Å². The van der Waals surface area contributed by atoms with Crippen LogP contribution in [0.5, 0.6) is 0 Å². The maximum Gasteiger partial charge on any atom is 0.189 e. The maximum absolute atomic E-state index is 11.7. The summed E-state index contributed by atoms with van der Waals surface area (Å²) >= 11 is 0. The Bertz CT molecular complexity index is 333. The predicted molar refractivity (Wildman–Crippen MR) is 53.1 cm³/mol. The average Bonchev–Trinajstić information content (AvgIpc) is 2.43. The van der Waals surface area contributed by atoms with Gasteiger partial charge in [0.25, 0.3) is 0 Å². The normalized spacial score (nSPS) is 38.8. The van der Waals surface area contributed by atoms with Crippen molar-refractivity contribution in [1.82, 2.24) is 0 Å². The number of carbonyl (C=O) groups excluding carboxylic acids is 1. The molecule has 0 spiro atoms. The van der Waals surface area contributed by atoms with Crippen molar-refractivity contribution >= 4 is 5.78 Å². The monoisotopic (exact) mass is 212 g/mol. The van der Waals surface area contributed by atoms with Gasteiger partial charge in [-0.05, 0) is 0 Å². The Morgan fingerprint density at radius 1 is 1.27 bits per heavy atom. The van der Waals surface area contributed by atoms with Crippen LogP contribution in [0, 0.1) is 11.8 Å². The third-order valence-electron chi connectivity index (χ3n) is 3.67. The van der Waals surface area contributed by atoms with Crippen molar-refractivity contribution < 1.29 is 19.0 Å². The largest absolute Gasteiger partial charge is 0.497 e. The van der Waals surface area contributed by atoms with Crippen molar-refractivity contribution in [2.45, 2.75) is 18.9 Å². The first-order valence-electron chi connectivity index (χ1n) is 5.04. The molecule has 4 heteroatoms. The zero-order chi connectivity index (χ0) is 11.2. The van der Waals surface area contributed by atoms with E-state index in [2.05, 4.69) is 0 Å². The molecular weight excluding hydrogens is 196 g/mol. The number of fused-ring (bicyclic) bond motifs is 1. The van der Waals surface area contributed by atoms with Crippen molar-refractivity contribution in [3.63, 3.8) is 0 Å². The predicted octanol–water partition coefficient (Wildman–Crippen LogP) is 1.11. The molecule has 0 aromatic heterocycles. The summed E-state index contributed by atoms with van der Waals surface area (Å²) in [5.74, 6) is 1.74. The topological polar surface area (TPSA) is 44.8 Å². The van der Waals surface area contributed by atoms with Crippen LogP contribution in [0.25, 0.3) is 0 Å². The SMILES string of the molecule is COC1=C(OC)[C@]2(OC)C(=O)C[C@@H]2[C@H]1C. The van der Waals surface area contributed by atoms with Crippen LogP contribution in [0.15, 0.2) is 11.5 Å². The first-order chi connectivity index (χ1) is 7.13. The van der Waals surface area contributed by atoms with Crippen molar-refractivity contribution in [3.05, 3.63) is 11.5 Å². The third kappa shape index (κ3) is 0.977. The van der Waals surface area contributed by atoms with Gasteiger partial charge < -0.3 is 14.2 Å². The Labute approximate surface area is 89.2 Å². The van der Waals surface area contributed by atoms with Gasteiger partial charge in [-0.1, -0.05) is 6.92 Å². The number of carbonyl (C=O) groups is 1. The van der Waals surface area contributed by atoms with Crippen molar-refractivity contribution in [2.24, 2.45) is 11.8 Å². The lowest BCUT2D eigenvalue weighted by Crippen LogP contribution is -2.58. The number of ether oxygens (including phenoxy) is 3. The van der Waals surface area contributed by atoms with Crippen LogP contribution in [-0.4, -0.2) is 32.7 Å². The van der Waals surface area contributed by atoms with Gasteiger partial charge >= 0.3 is 0 Å². The van der Waals surface area contributed by atoms with Gasteiger partial charge in [0.15, 0.2) is 17.1 Å². The van der Waals surface area contributed by atoms with E-state index in [1.807, 2.05) is 6.92 Å². The lowest BCUT2D eigenvalue weighted by molar-refractivity contribution is -0.167. The summed E-state index contributed by atoms with van der Waals surface area (Å²) in [5.41, 5.74) is -0.862. The Kier molecular flexibility index (Phi) is 2.26. The number of allylic oxidation sites excluding steroid dienone is 1. The molecule has 4 nitrogen and oxygen atoms in total. The highest BCUT2D eigenvalue weighted by Gasteiger charge is 2.67. The molecule has 0 heterocycles. The summed E-state index contributed by atoms with van der Waals surface area (Å²) in [6.45, 7) is 2.04. The number of ketones is 1. The second kappa shape index (κ2) is 3.23. The number of methoxy groups -OCH3 is 3. The van der Waals surface area contributed by atoms with Gasteiger partial charge in [0.05, 0.1) is 14.2 Å². The van der Waals surface area contributed by atoms with E-state index in [0.29, 0.717) is 12.2 Å². The minimum atomic E-state index is -0.862. The average molecular weight is 212 g/mol. The molecule has 0 saturated heterocycles. The van der Waals surface area contributed by atoms with Gasteiger partial charge in [0, 0.05) is 25.4 Å². The van der Waals surface area contributed by atoms with E-state index >= 15 is 0 Å². The van der Waals surface area contributed by atoms with Gasteiger partial charge in [-0.15, -0.1) is 0 Å². The molecule has 0 bridgehead atoms. The van der Waals surface area contributed by atoms with Crippen LogP contribution in [0.4, 0.5) is 0 Å². The first-order valence-corrected chi connectivity index (χ1v) is 5.04. The highest BCUT2D eigenvalue weighted by atomic mass is 16.6. The zero-order valence-corrected chi connectivity index (χ0v) is 9.49. The second-order valence-electron chi connectivity index (χ2n) is 4.06. The quantitative estimate of drug-likeness (QED) is 0.703.